The molecule has 100 valence electrons. The maximum Gasteiger partial charge on any atom is 0.119 e. The molecule has 0 radical (unpaired) electrons. The second-order valence-corrected chi connectivity index (χ2v) is 5.27. The van der Waals surface area contributed by atoms with E-state index in [9.17, 15) is 5.11 Å². The molecule has 1 N–H and O–H groups in total. The molecule has 1 fully saturated rings. The van der Waals surface area contributed by atoms with Gasteiger partial charge in [0.1, 0.15) is 5.75 Å². The van der Waals surface area contributed by atoms with Crippen LogP contribution in [0.4, 0.5) is 0 Å². The number of benzene rings is 1. The van der Waals surface area contributed by atoms with Crippen molar-refractivity contribution in [1.82, 2.24) is 4.90 Å². The third-order valence-corrected chi connectivity index (χ3v) is 3.97. The van der Waals surface area contributed by atoms with Gasteiger partial charge in [-0.15, -0.1) is 0 Å². The van der Waals surface area contributed by atoms with Crippen LogP contribution in [0.5, 0.6) is 5.75 Å². The molecule has 0 saturated carbocycles. The molecule has 1 aliphatic heterocycles. The lowest BCUT2D eigenvalue weighted by atomic mass is 9.81. The molecule has 2 rings (SSSR count). The predicted molar refractivity (Wildman–Crippen MR) is 72.8 cm³/mol. The quantitative estimate of drug-likeness (QED) is 0.893. The largest absolute Gasteiger partial charge is 0.494 e. The number of aliphatic hydroxyl groups is 1. The first kappa shape index (κ1) is 13.4. The Bertz CT molecular complexity index is 390. The fraction of sp³-hybridized carbons (Fsp3) is 0.600. The molecule has 1 heterocycles. The number of piperidine rings is 1. The van der Waals surface area contributed by atoms with Gasteiger partial charge in [0.05, 0.1) is 12.2 Å². The van der Waals surface area contributed by atoms with Gasteiger partial charge in [-0.3, -0.25) is 0 Å². The Labute approximate surface area is 109 Å². The summed E-state index contributed by atoms with van der Waals surface area (Å²) >= 11 is 0. The van der Waals surface area contributed by atoms with Gasteiger partial charge in [0.25, 0.3) is 0 Å². The molecule has 2 atom stereocenters. The van der Waals surface area contributed by atoms with E-state index in [2.05, 4.69) is 18.9 Å². The maximum absolute atomic E-state index is 10.8. The van der Waals surface area contributed by atoms with Crippen LogP contribution in [0.1, 0.15) is 32.3 Å². The van der Waals surface area contributed by atoms with Crippen molar-refractivity contribution in [3.05, 3.63) is 29.8 Å². The van der Waals surface area contributed by atoms with Gasteiger partial charge in [-0.25, -0.2) is 0 Å². The van der Waals surface area contributed by atoms with E-state index in [0.717, 1.165) is 30.7 Å². The Hall–Kier alpha value is -1.06. The summed E-state index contributed by atoms with van der Waals surface area (Å²) in [6, 6.07) is 8.28. The normalized spacial score (nSPS) is 29.2. The van der Waals surface area contributed by atoms with Crippen LogP contribution in [0.25, 0.3) is 0 Å². The van der Waals surface area contributed by atoms with Crippen LogP contribution in [0.3, 0.4) is 0 Å². The van der Waals surface area contributed by atoms with E-state index >= 15 is 0 Å². The van der Waals surface area contributed by atoms with E-state index in [0.29, 0.717) is 12.6 Å². The van der Waals surface area contributed by atoms with Gasteiger partial charge in [0.15, 0.2) is 0 Å². The molecule has 2 unspecified atom stereocenters. The summed E-state index contributed by atoms with van der Waals surface area (Å²) in [5.74, 6) is 0.867. The Kier molecular flexibility index (Phi) is 3.93. The van der Waals surface area contributed by atoms with Crippen molar-refractivity contribution < 1.29 is 9.84 Å². The van der Waals surface area contributed by atoms with Gasteiger partial charge >= 0.3 is 0 Å². The van der Waals surface area contributed by atoms with Crippen LogP contribution in [-0.2, 0) is 5.60 Å². The van der Waals surface area contributed by atoms with Crippen LogP contribution in [0, 0.1) is 0 Å². The smallest absolute Gasteiger partial charge is 0.119 e. The van der Waals surface area contributed by atoms with Crippen LogP contribution in [-0.4, -0.2) is 36.2 Å². The van der Waals surface area contributed by atoms with Crippen molar-refractivity contribution in [2.75, 3.05) is 20.2 Å². The average Bonchev–Trinajstić information content (AvgIpc) is 2.36. The molecule has 1 saturated heterocycles. The van der Waals surface area contributed by atoms with Crippen molar-refractivity contribution in [3.63, 3.8) is 0 Å². The summed E-state index contributed by atoms with van der Waals surface area (Å²) in [4.78, 5) is 2.29. The van der Waals surface area contributed by atoms with E-state index in [1.165, 1.54) is 0 Å². The predicted octanol–water partition coefficient (Wildman–Crippen LogP) is 2.39. The van der Waals surface area contributed by atoms with Crippen LogP contribution in [0.2, 0.25) is 0 Å². The standard InChI is InChI=1S/C15H23NO2/c1-4-18-14-7-5-13(6-8-14)15(17)9-10-16(3)12(2)11-15/h5-8,12,17H,4,9-11H2,1-3H3. The molecule has 0 amide bonds. The van der Waals surface area contributed by atoms with Crippen molar-refractivity contribution in [3.8, 4) is 5.75 Å². The molecular weight excluding hydrogens is 226 g/mol. The van der Waals surface area contributed by atoms with Crippen molar-refractivity contribution in [2.24, 2.45) is 0 Å². The number of rotatable bonds is 3. The molecule has 1 aromatic carbocycles. The van der Waals surface area contributed by atoms with E-state index in [1.807, 2.05) is 31.2 Å². The molecule has 0 aromatic heterocycles. The van der Waals surface area contributed by atoms with E-state index < -0.39 is 5.60 Å². The van der Waals surface area contributed by atoms with Gasteiger partial charge in [-0.05, 0) is 51.4 Å². The SMILES string of the molecule is CCOc1ccc(C2(O)CCN(C)C(C)C2)cc1. The minimum atomic E-state index is -0.684. The summed E-state index contributed by atoms with van der Waals surface area (Å²) in [6.45, 7) is 5.75. The van der Waals surface area contributed by atoms with Crippen molar-refractivity contribution in [1.29, 1.82) is 0 Å². The van der Waals surface area contributed by atoms with Crippen LogP contribution >= 0.6 is 0 Å². The molecule has 1 aromatic rings. The Morgan fingerprint density at radius 2 is 2.06 bits per heavy atom. The maximum atomic E-state index is 10.8. The first-order valence-electron chi connectivity index (χ1n) is 6.71. The number of likely N-dealkylation sites (tertiary alicyclic amines) is 1. The number of hydrogen-bond acceptors (Lipinski definition) is 3. The van der Waals surface area contributed by atoms with Crippen molar-refractivity contribution >= 4 is 0 Å². The van der Waals surface area contributed by atoms with Crippen molar-refractivity contribution in [2.45, 2.75) is 38.3 Å². The fourth-order valence-corrected chi connectivity index (χ4v) is 2.62. The lowest BCUT2D eigenvalue weighted by Crippen LogP contribution is -2.45. The Morgan fingerprint density at radius 3 is 2.61 bits per heavy atom. The fourth-order valence-electron chi connectivity index (χ4n) is 2.62. The highest BCUT2D eigenvalue weighted by molar-refractivity contribution is 5.31. The number of hydrogen-bond donors (Lipinski definition) is 1. The second kappa shape index (κ2) is 5.29. The first-order chi connectivity index (χ1) is 8.55. The monoisotopic (exact) mass is 249 g/mol. The van der Waals surface area contributed by atoms with Crippen LogP contribution < -0.4 is 4.74 Å². The third-order valence-electron chi connectivity index (χ3n) is 3.97. The van der Waals surface area contributed by atoms with Gasteiger partial charge in [-0.1, -0.05) is 12.1 Å². The summed E-state index contributed by atoms with van der Waals surface area (Å²) in [5, 5.41) is 10.8. The summed E-state index contributed by atoms with van der Waals surface area (Å²) in [7, 11) is 2.11. The number of nitrogens with zero attached hydrogens (tertiary/aromatic N) is 1. The summed E-state index contributed by atoms with van der Waals surface area (Å²) in [5.41, 5.74) is 0.322. The second-order valence-electron chi connectivity index (χ2n) is 5.27. The minimum Gasteiger partial charge on any atom is -0.494 e. The lowest BCUT2D eigenvalue weighted by Gasteiger charge is -2.41. The zero-order valence-electron chi connectivity index (χ0n) is 11.5. The summed E-state index contributed by atoms with van der Waals surface area (Å²) < 4.78 is 5.43. The third kappa shape index (κ3) is 2.68. The molecule has 0 spiro atoms. The van der Waals surface area contributed by atoms with Gasteiger partial charge in [0, 0.05) is 12.6 Å². The lowest BCUT2D eigenvalue weighted by molar-refractivity contribution is -0.0408. The summed E-state index contributed by atoms with van der Waals surface area (Å²) in [6.07, 6.45) is 1.58. The van der Waals surface area contributed by atoms with Gasteiger partial charge < -0.3 is 14.7 Å². The molecule has 3 nitrogen and oxygen atoms in total. The molecule has 1 aliphatic rings. The van der Waals surface area contributed by atoms with E-state index in [1.54, 1.807) is 0 Å². The highest BCUT2D eigenvalue weighted by atomic mass is 16.5. The zero-order chi connectivity index (χ0) is 13.2. The van der Waals surface area contributed by atoms with Crippen LogP contribution in [0.15, 0.2) is 24.3 Å². The van der Waals surface area contributed by atoms with E-state index in [-0.39, 0.29) is 0 Å². The molecule has 18 heavy (non-hydrogen) atoms. The highest BCUT2D eigenvalue weighted by Gasteiger charge is 2.36. The Morgan fingerprint density at radius 1 is 1.39 bits per heavy atom. The molecule has 3 heteroatoms. The van der Waals surface area contributed by atoms with Gasteiger partial charge in [-0.2, -0.15) is 0 Å². The average molecular weight is 249 g/mol. The molecule has 0 aliphatic carbocycles. The van der Waals surface area contributed by atoms with Gasteiger partial charge in [0.2, 0.25) is 0 Å². The van der Waals surface area contributed by atoms with E-state index in [4.69, 9.17) is 4.74 Å². The number of ether oxygens (including phenoxy) is 1. The zero-order valence-corrected chi connectivity index (χ0v) is 11.5. The first-order valence-corrected chi connectivity index (χ1v) is 6.71. The highest BCUT2D eigenvalue weighted by Crippen LogP contribution is 2.35. The molecule has 0 bridgehead atoms. The molecular formula is C15H23NO2. The topological polar surface area (TPSA) is 32.7 Å². The minimum absolute atomic E-state index is 0.412. The Balaban J connectivity index is 2.14.